The minimum Gasteiger partial charge on any atom is -0.380 e. The molecule has 0 heterocycles. The molecule has 0 fully saturated rings. The first kappa shape index (κ1) is 23.0. The van der Waals surface area contributed by atoms with Crippen molar-refractivity contribution >= 4 is 5.78 Å². The Hall–Kier alpha value is -2.07. The van der Waals surface area contributed by atoms with Crippen LogP contribution in [0.1, 0.15) is 87.1 Å². The van der Waals surface area contributed by atoms with E-state index in [-0.39, 0.29) is 5.78 Å². The molecule has 0 radical (unpaired) electrons. The van der Waals surface area contributed by atoms with E-state index >= 15 is 0 Å². The minimum absolute atomic E-state index is 0.155. The zero-order chi connectivity index (χ0) is 19.7. The van der Waals surface area contributed by atoms with Gasteiger partial charge < -0.3 is 10.8 Å². The first-order chi connectivity index (χ1) is 13.2. The highest BCUT2D eigenvalue weighted by Gasteiger charge is 2.06. The fraction of sp³-hybridized carbons (Fsp3) is 0.542. The average molecular weight is 368 g/mol. The first-order valence-electron chi connectivity index (χ1n) is 10.1. The molecule has 3 heteroatoms. The molecule has 1 rings (SSSR count). The number of unbranched alkanes of at least 4 members (excludes halogenated alkanes) is 6. The topological polar surface area (TPSA) is 63.3 Å². The lowest BCUT2D eigenvalue weighted by molar-refractivity contribution is 0.0979. The van der Waals surface area contributed by atoms with E-state index in [0.717, 1.165) is 56.9 Å². The van der Waals surface area contributed by atoms with Gasteiger partial charge in [0.05, 0.1) is 0 Å². The number of ketones is 1. The van der Waals surface area contributed by atoms with Gasteiger partial charge in [0.25, 0.3) is 0 Å². The smallest absolute Gasteiger partial charge is 0.162 e. The maximum absolute atomic E-state index is 12.3. The number of carbonyl (C=O) groups excluding carboxylic acids is 1. The van der Waals surface area contributed by atoms with Gasteiger partial charge in [-0.1, -0.05) is 43.2 Å². The molecular formula is C24H33NO2. The summed E-state index contributed by atoms with van der Waals surface area (Å²) in [6.45, 7) is 2.57. The monoisotopic (exact) mass is 367 g/mol. The van der Waals surface area contributed by atoms with E-state index in [4.69, 9.17) is 5.73 Å². The third-order valence-corrected chi connectivity index (χ3v) is 4.38. The van der Waals surface area contributed by atoms with Gasteiger partial charge in [-0.25, -0.2) is 0 Å². The molecular weight excluding hydrogens is 334 g/mol. The van der Waals surface area contributed by atoms with E-state index < -0.39 is 6.10 Å². The quantitative estimate of drug-likeness (QED) is 0.326. The Morgan fingerprint density at radius 2 is 1.89 bits per heavy atom. The van der Waals surface area contributed by atoms with Gasteiger partial charge in [-0.15, -0.1) is 11.8 Å². The van der Waals surface area contributed by atoms with Crippen molar-refractivity contribution < 1.29 is 9.90 Å². The molecule has 146 valence electrons. The first-order valence-corrected chi connectivity index (χ1v) is 10.1. The van der Waals surface area contributed by atoms with Gasteiger partial charge in [0.1, 0.15) is 6.10 Å². The van der Waals surface area contributed by atoms with Crippen LogP contribution in [0, 0.1) is 23.7 Å². The number of hydrogen-bond acceptors (Lipinski definition) is 3. The van der Waals surface area contributed by atoms with Gasteiger partial charge in [-0.3, -0.25) is 4.79 Å². The number of rotatable bonds is 12. The molecule has 1 aromatic carbocycles. The Balaban J connectivity index is 2.41. The molecule has 0 aliphatic rings. The van der Waals surface area contributed by atoms with E-state index in [0.29, 0.717) is 24.9 Å². The largest absolute Gasteiger partial charge is 0.380 e. The molecule has 0 saturated heterocycles. The number of hydrogen-bond donors (Lipinski definition) is 2. The van der Waals surface area contributed by atoms with E-state index in [1.54, 1.807) is 0 Å². The Morgan fingerprint density at radius 1 is 1.11 bits per heavy atom. The second-order valence-electron chi connectivity index (χ2n) is 6.77. The average Bonchev–Trinajstić information content (AvgIpc) is 2.69. The summed E-state index contributed by atoms with van der Waals surface area (Å²) < 4.78 is 0. The maximum atomic E-state index is 12.3. The second-order valence-corrected chi connectivity index (χ2v) is 6.77. The van der Waals surface area contributed by atoms with Gasteiger partial charge in [0, 0.05) is 24.0 Å². The lowest BCUT2D eigenvalue weighted by Crippen LogP contribution is -2.03. The lowest BCUT2D eigenvalue weighted by atomic mass is 10.0. The highest BCUT2D eigenvalue weighted by molar-refractivity contribution is 5.96. The summed E-state index contributed by atoms with van der Waals surface area (Å²) in [7, 11) is 0. The summed E-state index contributed by atoms with van der Waals surface area (Å²) in [5.74, 6) is 12.0. The van der Waals surface area contributed by atoms with Crippen molar-refractivity contribution in [3.8, 4) is 23.7 Å². The number of nitrogens with two attached hydrogens (primary N) is 1. The number of carbonyl (C=O) groups is 1. The summed E-state index contributed by atoms with van der Waals surface area (Å²) in [4.78, 5) is 12.3. The lowest BCUT2D eigenvalue weighted by Gasteiger charge is -2.03. The van der Waals surface area contributed by atoms with E-state index in [1.165, 1.54) is 0 Å². The fourth-order valence-corrected chi connectivity index (χ4v) is 2.79. The van der Waals surface area contributed by atoms with Crippen molar-refractivity contribution in [2.45, 2.75) is 77.2 Å². The Bertz CT molecular complexity index is 673. The van der Waals surface area contributed by atoms with Gasteiger partial charge in [-0.2, -0.15) is 0 Å². The zero-order valence-electron chi connectivity index (χ0n) is 16.6. The molecule has 1 aromatic rings. The van der Waals surface area contributed by atoms with Gasteiger partial charge in [-0.05, 0) is 57.7 Å². The third-order valence-electron chi connectivity index (χ3n) is 4.38. The van der Waals surface area contributed by atoms with Crippen molar-refractivity contribution in [1.29, 1.82) is 0 Å². The second kappa shape index (κ2) is 15.0. The molecule has 3 N–H and O–H groups in total. The molecule has 0 saturated carbocycles. The van der Waals surface area contributed by atoms with Crippen LogP contribution in [0.5, 0.6) is 0 Å². The Labute approximate surface area is 164 Å². The highest BCUT2D eigenvalue weighted by Crippen LogP contribution is 2.11. The molecule has 0 aliphatic heterocycles. The molecule has 1 unspecified atom stereocenters. The number of aliphatic hydroxyl groups is 1. The zero-order valence-corrected chi connectivity index (χ0v) is 16.6. The molecule has 0 aromatic heterocycles. The molecule has 1 atom stereocenters. The van der Waals surface area contributed by atoms with Crippen molar-refractivity contribution in [1.82, 2.24) is 0 Å². The van der Waals surface area contributed by atoms with Crippen molar-refractivity contribution in [2.24, 2.45) is 5.73 Å². The van der Waals surface area contributed by atoms with E-state index in [2.05, 4.69) is 23.7 Å². The SMILES string of the molecule is CC#CCCCCCC(O)C#Cc1cccc(C(=O)CCCCCCN)c1. The summed E-state index contributed by atoms with van der Waals surface area (Å²) in [5, 5.41) is 10.0. The van der Waals surface area contributed by atoms with Crippen molar-refractivity contribution in [3.05, 3.63) is 35.4 Å². The van der Waals surface area contributed by atoms with Crippen LogP contribution >= 0.6 is 0 Å². The number of aliphatic hydroxyl groups excluding tert-OH is 1. The molecule has 0 aliphatic carbocycles. The van der Waals surface area contributed by atoms with E-state index in [9.17, 15) is 9.90 Å². The predicted octanol–water partition coefficient (Wildman–Crippen LogP) is 4.46. The minimum atomic E-state index is -0.621. The fourth-order valence-electron chi connectivity index (χ4n) is 2.79. The van der Waals surface area contributed by atoms with Crippen LogP contribution in [0.25, 0.3) is 0 Å². The summed E-state index contributed by atoms with van der Waals surface area (Å²) in [6, 6.07) is 7.39. The highest BCUT2D eigenvalue weighted by atomic mass is 16.3. The van der Waals surface area contributed by atoms with Crippen LogP contribution < -0.4 is 5.73 Å². The molecule has 0 spiro atoms. The maximum Gasteiger partial charge on any atom is 0.162 e. The molecule has 0 bridgehead atoms. The summed E-state index contributed by atoms with van der Waals surface area (Å²) >= 11 is 0. The van der Waals surface area contributed by atoms with Gasteiger partial charge in [0.2, 0.25) is 0 Å². The predicted molar refractivity (Wildman–Crippen MR) is 112 cm³/mol. The Kier molecular flexibility index (Phi) is 12.8. The normalized spacial score (nSPS) is 11.1. The van der Waals surface area contributed by atoms with Crippen LogP contribution in [0.4, 0.5) is 0 Å². The van der Waals surface area contributed by atoms with Crippen molar-refractivity contribution in [2.75, 3.05) is 6.54 Å². The van der Waals surface area contributed by atoms with Crippen LogP contribution in [0.15, 0.2) is 24.3 Å². The van der Waals surface area contributed by atoms with Crippen molar-refractivity contribution in [3.63, 3.8) is 0 Å². The molecule has 0 amide bonds. The number of Topliss-reactive ketones (excluding diaryl/α,β-unsaturated/α-hetero) is 1. The van der Waals surface area contributed by atoms with Crippen LogP contribution in [-0.4, -0.2) is 23.5 Å². The van der Waals surface area contributed by atoms with Crippen LogP contribution in [-0.2, 0) is 0 Å². The van der Waals surface area contributed by atoms with Crippen LogP contribution in [0.2, 0.25) is 0 Å². The summed E-state index contributed by atoms with van der Waals surface area (Å²) in [6.07, 6.45) is 8.66. The molecule has 3 nitrogen and oxygen atoms in total. The van der Waals surface area contributed by atoms with E-state index in [1.807, 2.05) is 31.2 Å². The number of benzene rings is 1. The van der Waals surface area contributed by atoms with Crippen LogP contribution in [0.3, 0.4) is 0 Å². The molecule has 27 heavy (non-hydrogen) atoms. The summed E-state index contributed by atoms with van der Waals surface area (Å²) in [5.41, 5.74) is 6.96. The Morgan fingerprint density at radius 3 is 2.67 bits per heavy atom. The van der Waals surface area contributed by atoms with Gasteiger partial charge >= 0.3 is 0 Å². The third kappa shape index (κ3) is 11.3. The standard InChI is InChI=1S/C24H33NO2/c1-2-3-4-5-6-9-15-23(26)18-17-21-13-12-14-22(20-21)24(27)16-10-7-8-11-19-25/h12-14,20,23,26H,4-11,15-16,19,25H2,1H3. The van der Waals surface area contributed by atoms with Gasteiger partial charge in [0.15, 0.2) is 5.78 Å².